The lowest BCUT2D eigenvalue weighted by molar-refractivity contribution is 0.0958. The van der Waals surface area contributed by atoms with E-state index in [2.05, 4.69) is 12.1 Å². The first-order valence-electron chi connectivity index (χ1n) is 7.34. The van der Waals surface area contributed by atoms with Gasteiger partial charge in [-0.15, -0.1) is 0 Å². The number of hydrogen-bond acceptors (Lipinski definition) is 3. The Morgan fingerprint density at radius 1 is 1.00 bits per heavy atom. The van der Waals surface area contributed by atoms with Crippen LogP contribution in [0.5, 0.6) is 11.5 Å². The van der Waals surface area contributed by atoms with Crippen molar-refractivity contribution in [3.05, 3.63) is 59.2 Å². The molecule has 1 unspecified atom stereocenters. The lowest BCUT2D eigenvalue weighted by atomic mass is 9.92. The van der Waals surface area contributed by atoms with Crippen LogP contribution >= 0.6 is 0 Å². The van der Waals surface area contributed by atoms with Crippen LogP contribution in [0.2, 0.25) is 0 Å². The molecule has 0 radical (unpaired) electrons. The van der Waals surface area contributed by atoms with Crippen molar-refractivity contribution < 1.29 is 14.3 Å². The number of aryl methyl sites for hydroxylation is 1. The molecule has 1 aliphatic heterocycles. The van der Waals surface area contributed by atoms with Gasteiger partial charge in [0.2, 0.25) is 0 Å². The van der Waals surface area contributed by atoms with Crippen molar-refractivity contribution in [1.29, 1.82) is 0 Å². The Hall–Kier alpha value is -2.29. The highest BCUT2D eigenvalue weighted by molar-refractivity contribution is 6.02. The topological polar surface area (TPSA) is 35.5 Å². The smallest absolute Gasteiger partial charge is 0.170 e. The third kappa shape index (κ3) is 2.09. The molecule has 106 valence electrons. The van der Waals surface area contributed by atoms with Crippen molar-refractivity contribution in [2.75, 3.05) is 13.2 Å². The number of rotatable bonds is 2. The zero-order valence-corrected chi connectivity index (χ0v) is 11.7. The summed E-state index contributed by atoms with van der Waals surface area (Å²) in [6.07, 6.45) is 1.88. The molecule has 0 amide bonds. The van der Waals surface area contributed by atoms with Gasteiger partial charge in [0.15, 0.2) is 17.3 Å². The van der Waals surface area contributed by atoms with E-state index < -0.39 is 0 Å². The van der Waals surface area contributed by atoms with Crippen LogP contribution in [-0.2, 0) is 6.42 Å². The van der Waals surface area contributed by atoms with Crippen LogP contribution in [0.25, 0.3) is 0 Å². The Labute approximate surface area is 123 Å². The molecule has 1 heterocycles. The molecule has 1 atom stereocenters. The molecule has 0 fully saturated rings. The van der Waals surface area contributed by atoms with Gasteiger partial charge in [0, 0.05) is 11.5 Å². The number of benzene rings is 2. The predicted octanol–water partition coefficient (Wildman–Crippen LogP) is 3.37. The number of ketones is 1. The summed E-state index contributed by atoms with van der Waals surface area (Å²) >= 11 is 0. The molecule has 0 aromatic heterocycles. The van der Waals surface area contributed by atoms with Crippen LogP contribution in [0.1, 0.15) is 33.8 Å². The van der Waals surface area contributed by atoms with Crippen LogP contribution in [-0.4, -0.2) is 19.0 Å². The summed E-state index contributed by atoms with van der Waals surface area (Å²) in [7, 11) is 0. The number of carbonyl (C=O) groups is 1. The molecule has 1 aliphatic carbocycles. The molecule has 4 rings (SSSR count). The Morgan fingerprint density at radius 2 is 1.81 bits per heavy atom. The average molecular weight is 280 g/mol. The van der Waals surface area contributed by atoms with Gasteiger partial charge in [-0.3, -0.25) is 4.79 Å². The zero-order valence-electron chi connectivity index (χ0n) is 11.7. The first-order chi connectivity index (χ1) is 10.3. The Balaban J connectivity index is 1.67. The van der Waals surface area contributed by atoms with Gasteiger partial charge in [0.05, 0.1) is 0 Å². The highest BCUT2D eigenvalue weighted by Gasteiger charge is 2.29. The highest BCUT2D eigenvalue weighted by Crippen LogP contribution is 2.37. The van der Waals surface area contributed by atoms with Gasteiger partial charge in [-0.2, -0.15) is 0 Å². The van der Waals surface area contributed by atoms with Gasteiger partial charge < -0.3 is 9.47 Å². The summed E-state index contributed by atoms with van der Waals surface area (Å²) in [6, 6.07) is 13.7. The molecule has 0 saturated carbocycles. The zero-order chi connectivity index (χ0) is 14.2. The second-order valence-corrected chi connectivity index (χ2v) is 5.51. The number of carbonyl (C=O) groups excluding carboxylic acids is 1. The molecule has 0 N–H and O–H groups in total. The fourth-order valence-electron chi connectivity index (χ4n) is 3.23. The van der Waals surface area contributed by atoms with E-state index in [0.29, 0.717) is 24.5 Å². The largest absolute Gasteiger partial charge is 0.486 e. The minimum Gasteiger partial charge on any atom is -0.486 e. The van der Waals surface area contributed by atoms with Gasteiger partial charge >= 0.3 is 0 Å². The fraction of sp³-hybridized carbons (Fsp3) is 0.278. The molecule has 3 nitrogen and oxygen atoms in total. The molecular formula is C18H16O3. The predicted molar refractivity (Wildman–Crippen MR) is 79.3 cm³/mol. The normalized spacial score (nSPS) is 19.1. The van der Waals surface area contributed by atoms with Crippen molar-refractivity contribution in [1.82, 2.24) is 0 Å². The Morgan fingerprint density at radius 3 is 2.71 bits per heavy atom. The SMILES string of the molecule is O=C(c1ccc2c(c1)OCCO2)C1CCc2ccccc21. The lowest BCUT2D eigenvalue weighted by Crippen LogP contribution is -2.16. The van der Waals surface area contributed by atoms with Crippen molar-refractivity contribution in [3.63, 3.8) is 0 Å². The molecular weight excluding hydrogens is 264 g/mol. The number of Topliss-reactive ketones (excluding diaryl/α,β-unsaturated/α-hetero) is 1. The summed E-state index contributed by atoms with van der Waals surface area (Å²) in [4.78, 5) is 12.8. The van der Waals surface area contributed by atoms with Crippen LogP contribution in [0.3, 0.4) is 0 Å². The minimum absolute atomic E-state index is 0.0243. The van der Waals surface area contributed by atoms with Crippen LogP contribution < -0.4 is 9.47 Å². The van der Waals surface area contributed by atoms with Crippen molar-refractivity contribution >= 4 is 5.78 Å². The van der Waals surface area contributed by atoms with E-state index in [0.717, 1.165) is 18.6 Å². The highest BCUT2D eigenvalue weighted by atomic mass is 16.6. The van der Waals surface area contributed by atoms with Gasteiger partial charge in [-0.05, 0) is 42.2 Å². The van der Waals surface area contributed by atoms with Crippen molar-refractivity contribution in [2.45, 2.75) is 18.8 Å². The summed E-state index contributed by atoms with van der Waals surface area (Å²) in [5.74, 6) is 1.56. The Bertz CT molecular complexity index is 705. The summed E-state index contributed by atoms with van der Waals surface area (Å²) in [5, 5.41) is 0. The van der Waals surface area contributed by atoms with Gasteiger partial charge in [-0.1, -0.05) is 24.3 Å². The summed E-state index contributed by atoms with van der Waals surface area (Å²) in [6.45, 7) is 1.10. The van der Waals surface area contributed by atoms with Gasteiger partial charge in [0.1, 0.15) is 13.2 Å². The van der Waals surface area contributed by atoms with Gasteiger partial charge in [0.25, 0.3) is 0 Å². The standard InChI is InChI=1S/C18H16O3/c19-18(15-7-5-12-3-1-2-4-14(12)15)13-6-8-16-17(11-13)21-10-9-20-16/h1-4,6,8,11,15H,5,7,9-10H2. The average Bonchev–Trinajstić information content (AvgIpc) is 2.98. The number of hydrogen-bond donors (Lipinski definition) is 0. The first-order valence-corrected chi connectivity index (χ1v) is 7.34. The van der Waals surface area contributed by atoms with Crippen molar-refractivity contribution in [3.8, 4) is 11.5 Å². The van der Waals surface area contributed by atoms with Crippen LogP contribution in [0.4, 0.5) is 0 Å². The van der Waals surface area contributed by atoms with Crippen molar-refractivity contribution in [2.24, 2.45) is 0 Å². The molecule has 21 heavy (non-hydrogen) atoms. The fourth-order valence-corrected chi connectivity index (χ4v) is 3.23. The molecule has 3 heteroatoms. The molecule has 0 bridgehead atoms. The maximum atomic E-state index is 12.8. The maximum absolute atomic E-state index is 12.8. The molecule has 0 saturated heterocycles. The monoisotopic (exact) mass is 280 g/mol. The van der Waals surface area contributed by atoms with E-state index in [1.165, 1.54) is 11.1 Å². The molecule has 2 aromatic rings. The van der Waals surface area contributed by atoms with E-state index in [1.54, 1.807) is 0 Å². The second kappa shape index (κ2) is 4.92. The quantitative estimate of drug-likeness (QED) is 0.791. The summed E-state index contributed by atoms with van der Waals surface area (Å²) in [5.41, 5.74) is 3.19. The van der Waals surface area contributed by atoms with Gasteiger partial charge in [-0.25, -0.2) is 0 Å². The number of fused-ring (bicyclic) bond motifs is 2. The molecule has 2 aliphatic rings. The van der Waals surface area contributed by atoms with E-state index in [-0.39, 0.29) is 11.7 Å². The summed E-state index contributed by atoms with van der Waals surface area (Å²) < 4.78 is 11.1. The maximum Gasteiger partial charge on any atom is 0.170 e. The Kier molecular flexibility index (Phi) is 2.92. The van der Waals surface area contributed by atoms with E-state index in [1.807, 2.05) is 30.3 Å². The first kappa shape index (κ1) is 12.5. The molecule has 0 spiro atoms. The van der Waals surface area contributed by atoms with E-state index >= 15 is 0 Å². The second-order valence-electron chi connectivity index (χ2n) is 5.51. The minimum atomic E-state index is -0.0243. The van der Waals surface area contributed by atoms with E-state index in [4.69, 9.17) is 9.47 Å². The van der Waals surface area contributed by atoms with Crippen LogP contribution in [0, 0.1) is 0 Å². The van der Waals surface area contributed by atoms with Crippen LogP contribution in [0.15, 0.2) is 42.5 Å². The number of ether oxygens (including phenoxy) is 2. The molecule has 2 aromatic carbocycles. The van der Waals surface area contributed by atoms with E-state index in [9.17, 15) is 4.79 Å². The third-order valence-electron chi connectivity index (χ3n) is 4.28. The lowest BCUT2D eigenvalue weighted by Gasteiger charge is -2.19. The third-order valence-corrected chi connectivity index (χ3v) is 4.28.